The molecular weight excluding hydrogens is 354 g/mol. The first-order valence-electron chi connectivity index (χ1n) is 8.41. The normalized spacial score (nSPS) is 14.7. The second-order valence-corrected chi connectivity index (χ2v) is 7.49. The van der Waals surface area contributed by atoms with Crippen molar-refractivity contribution in [3.8, 4) is 0 Å². The van der Waals surface area contributed by atoms with E-state index in [-0.39, 0.29) is 23.1 Å². The highest BCUT2D eigenvalue weighted by Gasteiger charge is 2.44. The molecule has 0 radical (unpaired) electrons. The van der Waals surface area contributed by atoms with Gasteiger partial charge in [0.2, 0.25) is 0 Å². The fraction of sp³-hybridized carbons (Fsp3) is 0.471. The fourth-order valence-electron chi connectivity index (χ4n) is 3.17. The average molecular weight is 375 g/mol. The van der Waals surface area contributed by atoms with E-state index in [2.05, 4.69) is 25.2 Å². The minimum atomic E-state index is -0.293. The van der Waals surface area contributed by atoms with Gasteiger partial charge in [-0.05, 0) is 57.1 Å². The van der Waals surface area contributed by atoms with Crippen LogP contribution in [-0.4, -0.2) is 44.3 Å². The Morgan fingerprint density at radius 2 is 2.00 bits per heavy atom. The van der Waals surface area contributed by atoms with Gasteiger partial charge in [0.1, 0.15) is 10.6 Å². The van der Waals surface area contributed by atoms with E-state index in [1.54, 1.807) is 13.8 Å². The van der Waals surface area contributed by atoms with Gasteiger partial charge < -0.3 is 15.6 Å². The van der Waals surface area contributed by atoms with Gasteiger partial charge in [-0.15, -0.1) is 5.10 Å². The summed E-state index contributed by atoms with van der Waals surface area (Å²) in [6, 6.07) is 0. The first-order valence-corrected chi connectivity index (χ1v) is 9.18. The predicted octanol–water partition coefficient (Wildman–Crippen LogP) is 1.77. The Balaban J connectivity index is 1.58. The second kappa shape index (κ2) is 6.99. The van der Waals surface area contributed by atoms with Crippen LogP contribution in [0.15, 0.2) is 6.20 Å². The molecule has 1 aliphatic rings. The van der Waals surface area contributed by atoms with E-state index in [4.69, 9.17) is 0 Å². The number of aromatic amines is 1. The van der Waals surface area contributed by atoms with Gasteiger partial charge in [-0.25, -0.2) is 0 Å². The predicted molar refractivity (Wildman–Crippen MR) is 96.6 cm³/mol. The maximum Gasteiger partial charge on any atom is 0.268 e. The van der Waals surface area contributed by atoms with Crippen molar-refractivity contribution in [1.82, 2.24) is 25.2 Å². The Morgan fingerprint density at radius 3 is 2.54 bits per heavy atom. The van der Waals surface area contributed by atoms with Crippen LogP contribution < -0.4 is 10.6 Å². The van der Waals surface area contributed by atoms with Gasteiger partial charge >= 0.3 is 0 Å². The number of nitrogens with zero attached hydrogens (tertiary/aromatic N) is 2. The molecule has 2 aromatic heterocycles. The number of carbonyl (C=O) groups excluding carboxylic acids is 3. The number of hydrogen-bond acceptors (Lipinski definition) is 6. The maximum absolute atomic E-state index is 12.6. The number of carbonyl (C=O) groups is 3. The van der Waals surface area contributed by atoms with E-state index in [1.165, 1.54) is 13.1 Å². The van der Waals surface area contributed by atoms with Crippen molar-refractivity contribution < 1.29 is 14.4 Å². The lowest BCUT2D eigenvalue weighted by molar-refractivity contribution is 0.0922. The first-order chi connectivity index (χ1) is 12.3. The molecule has 0 spiro atoms. The lowest BCUT2D eigenvalue weighted by Gasteiger charge is -2.17. The van der Waals surface area contributed by atoms with Gasteiger partial charge in [0.25, 0.3) is 11.8 Å². The number of ketones is 1. The van der Waals surface area contributed by atoms with Gasteiger partial charge in [0, 0.05) is 23.3 Å². The van der Waals surface area contributed by atoms with E-state index in [9.17, 15) is 14.4 Å². The molecule has 2 amide bonds. The third-order valence-electron chi connectivity index (χ3n) is 4.72. The average Bonchev–Trinajstić information content (AvgIpc) is 3.00. The molecule has 3 N–H and O–H groups in total. The van der Waals surface area contributed by atoms with Crippen molar-refractivity contribution >= 4 is 29.1 Å². The molecular formula is C17H21N5O3S. The summed E-state index contributed by atoms with van der Waals surface area (Å²) in [4.78, 5) is 39.7. The molecule has 0 saturated heterocycles. The molecule has 0 bridgehead atoms. The van der Waals surface area contributed by atoms with Crippen LogP contribution in [0.3, 0.4) is 0 Å². The molecule has 0 unspecified atom stereocenters. The molecule has 2 heterocycles. The zero-order valence-electron chi connectivity index (χ0n) is 14.9. The van der Waals surface area contributed by atoms with Gasteiger partial charge in [0.05, 0.1) is 6.20 Å². The minimum Gasteiger partial charge on any atom is -0.354 e. The van der Waals surface area contributed by atoms with Crippen molar-refractivity contribution in [3.05, 3.63) is 33.6 Å². The van der Waals surface area contributed by atoms with Gasteiger partial charge in [-0.1, -0.05) is 4.49 Å². The summed E-state index contributed by atoms with van der Waals surface area (Å²) in [6.07, 6.45) is 3.82. The lowest BCUT2D eigenvalue weighted by atomic mass is 10.1. The number of nitrogens with one attached hydrogen (secondary N) is 3. The highest BCUT2D eigenvalue weighted by molar-refractivity contribution is 7.07. The molecule has 0 aromatic carbocycles. The van der Waals surface area contributed by atoms with Crippen LogP contribution in [-0.2, 0) is 0 Å². The first kappa shape index (κ1) is 18.2. The van der Waals surface area contributed by atoms with E-state index in [1.807, 2.05) is 0 Å². The van der Waals surface area contributed by atoms with Crippen LogP contribution in [0.2, 0.25) is 0 Å². The minimum absolute atomic E-state index is 0.0586. The van der Waals surface area contributed by atoms with Crippen LogP contribution in [0.5, 0.6) is 0 Å². The smallest absolute Gasteiger partial charge is 0.268 e. The summed E-state index contributed by atoms with van der Waals surface area (Å²) in [5.41, 5.74) is 2.09. The topological polar surface area (TPSA) is 117 Å². The quantitative estimate of drug-likeness (QED) is 0.638. The van der Waals surface area contributed by atoms with Crippen LogP contribution in [0, 0.1) is 13.8 Å². The number of aryl methyl sites for hydroxylation is 1. The summed E-state index contributed by atoms with van der Waals surface area (Å²) >= 11 is 1.05. The largest absolute Gasteiger partial charge is 0.354 e. The molecule has 2 aromatic rings. The molecule has 138 valence electrons. The number of aromatic nitrogens is 3. The van der Waals surface area contributed by atoms with Gasteiger partial charge in [-0.3, -0.25) is 14.4 Å². The van der Waals surface area contributed by atoms with Crippen LogP contribution in [0.25, 0.3) is 0 Å². The fourth-order valence-corrected chi connectivity index (χ4v) is 3.60. The second-order valence-electron chi connectivity index (χ2n) is 6.70. The van der Waals surface area contributed by atoms with Crippen molar-refractivity contribution in [2.45, 2.75) is 45.6 Å². The Hall–Kier alpha value is -2.55. The zero-order chi connectivity index (χ0) is 18.9. The van der Waals surface area contributed by atoms with Crippen LogP contribution in [0.4, 0.5) is 0 Å². The summed E-state index contributed by atoms with van der Waals surface area (Å²) < 4.78 is 3.66. The SMILES string of the molecule is CC(=O)c1c(C)[nH]c(C(=O)NC2(CCNC(=O)c3cnns3)CC2)c1C. The Kier molecular flexibility index (Phi) is 4.90. The number of Topliss-reactive ketones (excluding diaryl/α,β-unsaturated/α-hetero) is 1. The maximum atomic E-state index is 12.6. The van der Waals surface area contributed by atoms with Crippen molar-refractivity contribution in [2.24, 2.45) is 0 Å². The summed E-state index contributed by atoms with van der Waals surface area (Å²) in [5, 5.41) is 9.52. The summed E-state index contributed by atoms with van der Waals surface area (Å²) in [6.45, 7) is 5.52. The molecule has 1 fully saturated rings. The molecule has 9 heteroatoms. The molecule has 0 aliphatic heterocycles. The Morgan fingerprint density at radius 1 is 1.27 bits per heavy atom. The standard InChI is InChI=1S/C17H21N5O3S/c1-9-13(11(3)23)10(2)20-14(9)16(25)21-17(4-5-17)6-7-18-15(24)12-8-19-22-26-12/h8,20H,4-7H2,1-3H3,(H,18,24)(H,21,25). The van der Waals surface area contributed by atoms with E-state index < -0.39 is 0 Å². The highest BCUT2D eigenvalue weighted by Crippen LogP contribution is 2.38. The molecule has 26 heavy (non-hydrogen) atoms. The van der Waals surface area contributed by atoms with Crippen molar-refractivity contribution in [2.75, 3.05) is 6.54 Å². The summed E-state index contributed by atoms with van der Waals surface area (Å²) in [5.74, 6) is -0.477. The highest BCUT2D eigenvalue weighted by atomic mass is 32.1. The Labute approximate surface area is 154 Å². The molecule has 8 nitrogen and oxygen atoms in total. The van der Waals surface area contributed by atoms with Gasteiger partial charge in [-0.2, -0.15) is 0 Å². The zero-order valence-corrected chi connectivity index (χ0v) is 15.7. The van der Waals surface area contributed by atoms with E-state index >= 15 is 0 Å². The van der Waals surface area contributed by atoms with E-state index in [0.29, 0.717) is 40.4 Å². The lowest BCUT2D eigenvalue weighted by Crippen LogP contribution is -2.40. The van der Waals surface area contributed by atoms with Crippen molar-refractivity contribution in [3.63, 3.8) is 0 Å². The molecule has 1 saturated carbocycles. The number of rotatable bonds is 7. The van der Waals surface area contributed by atoms with E-state index in [0.717, 1.165) is 24.4 Å². The van der Waals surface area contributed by atoms with Crippen LogP contribution in [0.1, 0.15) is 68.0 Å². The number of amides is 2. The van der Waals surface area contributed by atoms with Crippen molar-refractivity contribution in [1.29, 1.82) is 0 Å². The molecule has 3 rings (SSSR count). The third-order valence-corrected chi connectivity index (χ3v) is 5.39. The monoisotopic (exact) mass is 375 g/mol. The molecule has 1 aliphatic carbocycles. The van der Waals surface area contributed by atoms with Crippen LogP contribution >= 0.6 is 11.5 Å². The third kappa shape index (κ3) is 3.67. The number of hydrogen-bond donors (Lipinski definition) is 3. The summed E-state index contributed by atoms with van der Waals surface area (Å²) in [7, 11) is 0. The number of H-pyrrole nitrogens is 1. The van der Waals surface area contributed by atoms with Gasteiger partial charge in [0.15, 0.2) is 5.78 Å². The molecule has 0 atom stereocenters. The Bertz CT molecular complexity index is 852.